The van der Waals surface area contributed by atoms with Crippen molar-refractivity contribution < 1.29 is 14.6 Å². The van der Waals surface area contributed by atoms with Gasteiger partial charge < -0.3 is 19.9 Å². The van der Waals surface area contributed by atoms with Crippen LogP contribution in [0.4, 0.5) is 5.69 Å². The number of benzene rings is 2. The average Bonchev–Trinajstić information content (AvgIpc) is 2.93. The lowest BCUT2D eigenvalue weighted by Crippen LogP contribution is -2.00. The highest BCUT2D eigenvalue weighted by Gasteiger charge is 2.12. The van der Waals surface area contributed by atoms with E-state index in [0.717, 1.165) is 30.0 Å². The Morgan fingerprint density at radius 2 is 2.15 bits per heavy atom. The van der Waals surface area contributed by atoms with Gasteiger partial charge in [0.2, 0.25) is 0 Å². The minimum absolute atomic E-state index is 0.237. The Hall–Kier alpha value is -2.36. The van der Waals surface area contributed by atoms with Crippen molar-refractivity contribution in [3.05, 3.63) is 47.5 Å². The smallest absolute Gasteiger partial charge is 0.124 e. The summed E-state index contributed by atoms with van der Waals surface area (Å²) in [6.07, 6.45) is 0.957. The monoisotopic (exact) mass is 271 g/mol. The minimum Gasteiger partial charge on any atom is -0.507 e. The Morgan fingerprint density at radius 3 is 2.95 bits per heavy atom. The zero-order valence-corrected chi connectivity index (χ0v) is 11.3. The lowest BCUT2D eigenvalue weighted by atomic mass is 10.1. The fourth-order valence-corrected chi connectivity index (χ4v) is 2.31. The second-order valence-corrected chi connectivity index (χ2v) is 4.77. The third kappa shape index (κ3) is 2.50. The molecule has 1 heterocycles. The van der Waals surface area contributed by atoms with Crippen molar-refractivity contribution in [1.29, 1.82) is 0 Å². The summed E-state index contributed by atoms with van der Waals surface area (Å²) in [5, 5.41) is 13.2. The molecule has 1 aliphatic rings. The summed E-state index contributed by atoms with van der Waals surface area (Å²) in [6, 6.07) is 11.4. The Bertz CT molecular complexity index is 625. The third-order valence-corrected chi connectivity index (χ3v) is 3.46. The van der Waals surface area contributed by atoms with E-state index in [9.17, 15) is 5.11 Å². The van der Waals surface area contributed by atoms with Crippen LogP contribution < -0.4 is 14.8 Å². The van der Waals surface area contributed by atoms with Gasteiger partial charge in [-0.3, -0.25) is 0 Å². The molecule has 2 aromatic carbocycles. The number of rotatable bonds is 4. The summed E-state index contributed by atoms with van der Waals surface area (Å²) in [5.74, 6) is 1.87. The van der Waals surface area contributed by atoms with Crippen LogP contribution in [0.5, 0.6) is 17.2 Å². The molecule has 0 aliphatic carbocycles. The van der Waals surface area contributed by atoms with Crippen LogP contribution in [0.2, 0.25) is 0 Å². The quantitative estimate of drug-likeness (QED) is 0.897. The van der Waals surface area contributed by atoms with Crippen LogP contribution in [0.15, 0.2) is 36.4 Å². The van der Waals surface area contributed by atoms with E-state index in [4.69, 9.17) is 9.47 Å². The minimum atomic E-state index is 0.237. The summed E-state index contributed by atoms with van der Waals surface area (Å²) in [5.41, 5.74) is 3.10. The molecule has 4 heteroatoms. The van der Waals surface area contributed by atoms with Crippen molar-refractivity contribution in [3.63, 3.8) is 0 Å². The molecule has 0 radical (unpaired) electrons. The molecule has 0 saturated carbocycles. The second kappa shape index (κ2) is 5.33. The van der Waals surface area contributed by atoms with Crippen LogP contribution in [0.25, 0.3) is 0 Å². The molecule has 0 saturated heterocycles. The molecule has 2 aromatic rings. The predicted octanol–water partition coefficient (Wildman–Crippen LogP) is 2.95. The number of anilines is 1. The number of hydrogen-bond acceptors (Lipinski definition) is 4. The summed E-state index contributed by atoms with van der Waals surface area (Å²) < 4.78 is 10.5. The molecule has 20 heavy (non-hydrogen) atoms. The van der Waals surface area contributed by atoms with Gasteiger partial charge in [0.15, 0.2) is 0 Å². The normalized spacial score (nSPS) is 12.7. The van der Waals surface area contributed by atoms with Gasteiger partial charge in [0.25, 0.3) is 0 Å². The second-order valence-electron chi connectivity index (χ2n) is 4.77. The first-order valence-corrected chi connectivity index (χ1v) is 6.62. The van der Waals surface area contributed by atoms with Crippen molar-refractivity contribution in [3.8, 4) is 17.2 Å². The van der Waals surface area contributed by atoms with Gasteiger partial charge in [-0.1, -0.05) is 0 Å². The van der Waals surface area contributed by atoms with Crippen LogP contribution in [0.1, 0.15) is 11.1 Å². The SMILES string of the molecule is COc1ccc(CNc2ccc3c(c2)CCO3)c(O)c1. The Morgan fingerprint density at radius 1 is 1.25 bits per heavy atom. The maximum Gasteiger partial charge on any atom is 0.124 e. The molecule has 0 atom stereocenters. The molecule has 0 fully saturated rings. The number of aromatic hydroxyl groups is 1. The molecule has 0 aromatic heterocycles. The highest BCUT2D eigenvalue weighted by atomic mass is 16.5. The third-order valence-electron chi connectivity index (χ3n) is 3.46. The fraction of sp³-hybridized carbons (Fsp3) is 0.250. The summed E-state index contributed by atoms with van der Waals surface area (Å²) in [7, 11) is 1.58. The lowest BCUT2D eigenvalue weighted by molar-refractivity contribution is 0.357. The number of phenolic OH excluding ortho intramolecular Hbond substituents is 1. The van der Waals surface area contributed by atoms with E-state index >= 15 is 0 Å². The molecule has 4 nitrogen and oxygen atoms in total. The Kier molecular flexibility index (Phi) is 3.37. The molecule has 2 N–H and O–H groups in total. The van der Waals surface area contributed by atoms with E-state index in [-0.39, 0.29) is 5.75 Å². The molecule has 1 aliphatic heterocycles. The van der Waals surface area contributed by atoms with E-state index in [2.05, 4.69) is 11.4 Å². The van der Waals surface area contributed by atoms with Crippen LogP contribution in [-0.2, 0) is 13.0 Å². The van der Waals surface area contributed by atoms with E-state index in [0.29, 0.717) is 12.3 Å². The van der Waals surface area contributed by atoms with Crippen molar-refractivity contribution in [2.45, 2.75) is 13.0 Å². The van der Waals surface area contributed by atoms with Crippen LogP contribution >= 0.6 is 0 Å². The maximum absolute atomic E-state index is 9.92. The van der Waals surface area contributed by atoms with Gasteiger partial charge in [0.1, 0.15) is 17.2 Å². The number of fused-ring (bicyclic) bond motifs is 1. The van der Waals surface area contributed by atoms with Crippen LogP contribution in [0, 0.1) is 0 Å². The molecule has 3 rings (SSSR count). The predicted molar refractivity (Wildman–Crippen MR) is 77.6 cm³/mol. The fourth-order valence-electron chi connectivity index (χ4n) is 2.31. The summed E-state index contributed by atoms with van der Waals surface area (Å²) in [4.78, 5) is 0. The van der Waals surface area contributed by atoms with E-state index in [1.54, 1.807) is 13.2 Å². The standard InChI is InChI=1S/C16H17NO3/c1-19-14-4-2-12(15(18)9-14)10-17-13-3-5-16-11(8-13)6-7-20-16/h2-5,8-9,17-18H,6-7,10H2,1H3. The summed E-state index contributed by atoms with van der Waals surface area (Å²) in [6.45, 7) is 1.33. The molecule has 0 spiro atoms. The van der Waals surface area contributed by atoms with Gasteiger partial charge in [-0.15, -0.1) is 0 Å². The highest BCUT2D eigenvalue weighted by molar-refractivity contribution is 5.53. The highest BCUT2D eigenvalue weighted by Crippen LogP contribution is 2.29. The number of phenols is 1. The number of ether oxygens (including phenoxy) is 2. The molecule has 0 bridgehead atoms. The van der Waals surface area contributed by atoms with Crippen LogP contribution in [-0.4, -0.2) is 18.8 Å². The topological polar surface area (TPSA) is 50.7 Å². The first kappa shape index (κ1) is 12.7. The van der Waals surface area contributed by atoms with Crippen molar-refractivity contribution in [2.75, 3.05) is 19.0 Å². The molecule has 104 valence electrons. The van der Waals surface area contributed by atoms with Gasteiger partial charge in [0.05, 0.1) is 13.7 Å². The molecule has 0 unspecified atom stereocenters. The van der Waals surface area contributed by atoms with Gasteiger partial charge >= 0.3 is 0 Å². The maximum atomic E-state index is 9.92. The van der Waals surface area contributed by atoms with Gasteiger partial charge in [-0.25, -0.2) is 0 Å². The summed E-state index contributed by atoms with van der Waals surface area (Å²) >= 11 is 0. The molecule has 0 amide bonds. The molecular weight excluding hydrogens is 254 g/mol. The number of hydrogen-bond donors (Lipinski definition) is 2. The Labute approximate surface area is 118 Å². The van der Waals surface area contributed by atoms with E-state index in [1.807, 2.05) is 24.3 Å². The van der Waals surface area contributed by atoms with Gasteiger partial charge in [-0.2, -0.15) is 0 Å². The number of methoxy groups -OCH3 is 1. The van der Waals surface area contributed by atoms with Gasteiger partial charge in [-0.05, 0) is 35.9 Å². The van der Waals surface area contributed by atoms with E-state index in [1.165, 1.54) is 5.56 Å². The van der Waals surface area contributed by atoms with Gasteiger partial charge in [0, 0.05) is 30.3 Å². The largest absolute Gasteiger partial charge is 0.507 e. The van der Waals surface area contributed by atoms with Crippen molar-refractivity contribution in [1.82, 2.24) is 0 Å². The molecular formula is C16H17NO3. The average molecular weight is 271 g/mol. The van der Waals surface area contributed by atoms with E-state index < -0.39 is 0 Å². The first-order valence-electron chi connectivity index (χ1n) is 6.62. The van der Waals surface area contributed by atoms with Crippen LogP contribution in [0.3, 0.4) is 0 Å². The first-order chi connectivity index (χ1) is 9.76. The lowest BCUT2D eigenvalue weighted by Gasteiger charge is -2.10. The number of nitrogens with one attached hydrogen (secondary N) is 1. The zero-order valence-electron chi connectivity index (χ0n) is 11.3. The van der Waals surface area contributed by atoms with Crippen molar-refractivity contribution in [2.24, 2.45) is 0 Å². The zero-order chi connectivity index (χ0) is 13.9. The Balaban J connectivity index is 1.70. The van der Waals surface area contributed by atoms with Crippen molar-refractivity contribution >= 4 is 5.69 Å².